The topological polar surface area (TPSA) is 77.7 Å². The van der Waals surface area contributed by atoms with Crippen molar-refractivity contribution in [1.29, 1.82) is 0 Å². The van der Waals surface area contributed by atoms with E-state index in [0.29, 0.717) is 17.5 Å². The first-order valence-electron chi connectivity index (χ1n) is 9.48. The number of aromatic nitrogens is 2. The lowest BCUT2D eigenvalue weighted by Crippen LogP contribution is -2.37. The van der Waals surface area contributed by atoms with Gasteiger partial charge in [0, 0.05) is 12.6 Å². The molecule has 0 saturated heterocycles. The van der Waals surface area contributed by atoms with Gasteiger partial charge in [-0.3, -0.25) is 4.79 Å². The normalized spacial score (nSPS) is 11.7. The number of methoxy groups -OCH3 is 1. The van der Waals surface area contributed by atoms with Gasteiger partial charge >= 0.3 is 0 Å². The smallest absolute Gasteiger partial charge is 0.263 e. The third-order valence-electron chi connectivity index (χ3n) is 4.55. The summed E-state index contributed by atoms with van der Waals surface area (Å²) in [6.07, 6.45) is 0.204. The molecule has 0 fully saturated rings. The molecule has 0 bridgehead atoms. The quantitative estimate of drug-likeness (QED) is 0.578. The summed E-state index contributed by atoms with van der Waals surface area (Å²) in [7, 11) is 3.28. The molecule has 0 aliphatic carbocycles. The first-order valence-corrected chi connectivity index (χ1v) is 9.48. The van der Waals surface area contributed by atoms with E-state index in [4.69, 9.17) is 14.0 Å². The van der Waals surface area contributed by atoms with Crippen LogP contribution in [0.25, 0.3) is 11.4 Å². The van der Waals surface area contributed by atoms with Crippen LogP contribution in [0.3, 0.4) is 0 Å². The molecule has 152 valence electrons. The second kappa shape index (κ2) is 9.23. The number of carbonyl (C=O) groups excluding carboxylic acids is 1. The van der Waals surface area contributed by atoms with Crippen LogP contribution in [-0.4, -0.2) is 41.2 Å². The average Bonchev–Trinajstić information content (AvgIpc) is 3.22. The molecule has 3 aromatic rings. The average molecular weight is 395 g/mol. The molecule has 1 atom stereocenters. The summed E-state index contributed by atoms with van der Waals surface area (Å²) in [5.41, 5.74) is 1.84. The maximum Gasteiger partial charge on any atom is 0.263 e. The highest BCUT2D eigenvalue weighted by atomic mass is 16.5. The molecule has 0 aliphatic heterocycles. The molecule has 7 nitrogen and oxygen atoms in total. The van der Waals surface area contributed by atoms with E-state index in [9.17, 15) is 4.79 Å². The number of hydrogen-bond donors (Lipinski definition) is 0. The van der Waals surface area contributed by atoms with Gasteiger partial charge in [0.2, 0.25) is 11.7 Å². The standard InChI is InChI=1S/C22H25N3O4/c1-5-16-9-6-7-12-19(16)28-15(2)22(26)25(3)14-20-23-21(24-29-20)17-10-8-11-18(13-17)27-4/h6-13,15H,5,14H2,1-4H3. The minimum Gasteiger partial charge on any atom is -0.497 e. The first-order chi connectivity index (χ1) is 14.0. The number of hydrogen-bond acceptors (Lipinski definition) is 6. The van der Waals surface area contributed by atoms with Crippen LogP contribution in [0.4, 0.5) is 0 Å². The van der Waals surface area contributed by atoms with Crippen molar-refractivity contribution < 1.29 is 18.8 Å². The van der Waals surface area contributed by atoms with E-state index in [0.717, 1.165) is 23.3 Å². The van der Waals surface area contributed by atoms with E-state index in [2.05, 4.69) is 17.1 Å². The molecule has 1 aromatic heterocycles. The lowest BCUT2D eigenvalue weighted by Gasteiger charge is -2.21. The van der Waals surface area contributed by atoms with Gasteiger partial charge in [0.1, 0.15) is 11.5 Å². The number of likely N-dealkylation sites (N-methyl/N-ethyl adjacent to an activating group) is 1. The fourth-order valence-electron chi connectivity index (χ4n) is 2.94. The van der Waals surface area contributed by atoms with Crippen LogP contribution < -0.4 is 9.47 Å². The number of aryl methyl sites for hydroxylation is 1. The summed E-state index contributed by atoms with van der Waals surface area (Å²) in [6, 6.07) is 15.1. The van der Waals surface area contributed by atoms with Gasteiger partial charge in [-0.05, 0) is 37.1 Å². The zero-order valence-corrected chi connectivity index (χ0v) is 17.1. The lowest BCUT2D eigenvalue weighted by atomic mass is 10.1. The van der Waals surface area contributed by atoms with E-state index < -0.39 is 6.10 Å². The molecule has 2 aromatic carbocycles. The Morgan fingerprint density at radius 2 is 2.00 bits per heavy atom. The molecule has 0 saturated carbocycles. The zero-order valence-electron chi connectivity index (χ0n) is 17.1. The molecule has 0 N–H and O–H groups in total. The molecule has 7 heteroatoms. The van der Waals surface area contributed by atoms with Crippen molar-refractivity contribution in [2.75, 3.05) is 14.2 Å². The van der Waals surface area contributed by atoms with Crippen LogP contribution >= 0.6 is 0 Å². The number of ether oxygens (including phenoxy) is 2. The van der Waals surface area contributed by atoms with Crippen molar-refractivity contribution in [3.63, 3.8) is 0 Å². The molecule has 3 rings (SSSR count). The Kier molecular flexibility index (Phi) is 6.49. The highest BCUT2D eigenvalue weighted by Gasteiger charge is 2.22. The van der Waals surface area contributed by atoms with Crippen LogP contribution in [0.1, 0.15) is 25.3 Å². The fraction of sp³-hybridized carbons (Fsp3) is 0.318. The molecule has 1 unspecified atom stereocenters. The Balaban J connectivity index is 1.64. The Labute approximate surface area is 170 Å². The third-order valence-corrected chi connectivity index (χ3v) is 4.55. The van der Waals surface area contributed by atoms with Crippen molar-refractivity contribution in [1.82, 2.24) is 15.0 Å². The zero-order chi connectivity index (χ0) is 20.8. The van der Waals surface area contributed by atoms with Crippen molar-refractivity contribution >= 4 is 5.91 Å². The molecule has 0 aliphatic rings. The largest absolute Gasteiger partial charge is 0.497 e. The molecular formula is C22H25N3O4. The van der Waals surface area contributed by atoms with Crippen LogP contribution in [0.15, 0.2) is 53.1 Å². The summed E-state index contributed by atoms with van der Waals surface area (Å²) in [5, 5.41) is 4.00. The predicted molar refractivity (Wildman–Crippen MR) is 109 cm³/mol. The highest BCUT2D eigenvalue weighted by Crippen LogP contribution is 2.22. The Morgan fingerprint density at radius 3 is 2.76 bits per heavy atom. The van der Waals surface area contributed by atoms with Crippen LogP contribution in [0.2, 0.25) is 0 Å². The number of amides is 1. The predicted octanol–water partition coefficient (Wildman–Crippen LogP) is 3.73. The second-order valence-electron chi connectivity index (χ2n) is 6.66. The monoisotopic (exact) mass is 395 g/mol. The first kappa shape index (κ1) is 20.4. The van der Waals surface area contributed by atoms with E-state index >= 15 is 0 Å². The summed E-state index contributed by atoms with van der Waals surface area (Å²) >= 11 is 0. The van der Waals surface area contributed by atoms with Crippen molar-refractivity contribution in [2.24, 2.45) is 0 Å². The van der Waals surface area contributed by atoms with E-state index in [-0.39, 0.29) is 12.5 Å². The Bertz CT molecular complexity index is 970. The number of para-hydroxylation sites is 1. The summed E-state index contributed by atoms with van der Waals surface area (Å²) in [5.74, 6) is 2.06. The fourth-order valence-corrected chi connectivity index (χ4v) is 2.94. The van der Waals surface area contributed by atoms with Crippen LogP contribution in [0, 0.1) is 0 Å². The van der Waals surface area contributed by atoms with Crippen molar-refractivity contribution in [3.05, 3.63) is 60.0 Å². The minimum absolute atomic E-state index is 0.169. The number of benzene rings is 2. The summed E-state index contributed by atoms with van der Waals surface area (Å²) in [4.78, 5) is 18.6. The van der Waals surface area contributed by atoms with Gasteiger partial charge in [0.05, 0.1) is 13.7 Å². The maximum atomic E-state index is 12.7. The van der Waals surface area contributed by atoms with Gasteiger partial charge in [-0.15, -0.1) is 0 Å². The highest BCUT2D eigenvalue weighted by molar-refractivity contribution is 5.80. The van der Waals surface area contributed by atoms with Crippen molar-refractivity contribution in [2.45, 2.75) is 32.9 Å². The number of nitrogens with zero attached hydrogens (tertiary/aromatic N) is 3. The molecule has 1 heterocycles. The summed E-state index contributed by atoms with van der Waals surface area (Å²) < 4.78 is 16.4. The Morgan fingerprint density at radius 1 is 1.21 bits per heavy atom. The molecule has 0 radical (unpaired) electrons. The maximum absolute atomic E-state index is 12.7. The molecular weight excluding hydrogens is 370 g/mol. The van der Waals surface area contributed by atoms with Gasteiger partial charge in [-0.25, -0.2) is 0 Å². The van der Waals surface area contributed by atoms with Gasteiger partial charge < -0.3 is 18.9 Å². The van der Waals surface area contributed by atoms with Crippen LogP contribution in [-0.2, 0) is 17.8 Å². The molecule has 0 spiro atoms. The number of carbonyl (C=O) groups is 1. The van der Waals surface area contributed by atoms with E-state index in [1.807, 2.05) is 48.5 Å². The van der Waals surface area contributed by atoms with Gasteiger partial charge in [0.15, 0.2) is 6.10 Å². The van der Waals surface area contributed by atoms with Gasteiger partial charge in [0.25, 0.3) is 5.91 Å². The van der Waals surface area contributed by atoms with Gasteiger partial charge in [-0.2, -0.15) is 4.98 Å². The minimum atomic E-state index is -0.631. The Hall–Kier alpha value is -3.35. The SMILES string of the molecule is CCc1ccccc1OC(C)C(=O)N(C)Cc1nc(-c2cccc(OC)c2)no1. The third kappa shape index (κ3) is 4.93. The van der Waals surface area contributed by atoms with Crippen molar-refractivity contribution in [3.8, 4) is 22.9 Å². The van der Waals surface area contributed by atoms with Gasteiger partial charge in [-0.1, -0.05) is 42.4 Å². The van der Waals surface area contributed by atoms with E-state index in [1.165, 1.54) is 4.90 Å². The van der Waals surface area contributed by atoms with Crippen LogP contribution in [0.5, 0.6) is 11.5 Å². The lowest BCUT2D eigenvalue weighted by molar-refractivity contribution is -0.137. The summed E-state index contributed by atoms with van der Waals surface area (Å²) in [6.45, 7) is 3.98. The second-order valence-corrected chi connectivity index (χ2v) is 6.66. The number of rotatable bonds is 8. The van der Waals surface area contributed by atoms with E-state index in [1.54, 1.807) is 21.1 Å². The molecule has 1 amide bonds. The molecule has 29 heavy (non-hydrogen) atoms.